The van der Waals surface area contributed by atoms with Gasteiger partial charge in [0.05, 0.1) is 5.92 Å². The van der Waals surface area contributed by atoms with Crippen molar-refractivity contribution >= 4 is 11.9 Å². The normalized spacial score (nSPS) is 27.8. The molecular weight excluding hydrogens is 262 g/mol. The van der Waals surface area contributed by atoms with Crippen molar-refractivity contribution in [3.05, 3.63) is 23.8 Å². The number of hydrogen-bond donors (Lipinski definition) is 3. The number of benzene rings is 1. The van der Waals surface area contributed by atoms with E-state index in [0.29, 0.717) is 12.8 Å². The van der Waals surface area contributed by atoms with E-state index in [1.54, 1.807) is 4.90 Å². The van der Waals surface area contributed by atoms with Crippen LogP contribution in [0.25, 0.3) is 0 Å². The highest BCUT2D eigenvalue weighted by molar-refractivity contribution is 5.96. The van der Waals surface area contributed by atoms with Crippen molar-refractivity contribution in [3.63, 3.8) is 0 Å². The molecule has 2 saturated heterocycles. The maximum atomic E-state index is 12.5. The second kappa shape index (κ2) is 4.40. The molecule has 3 unspecified atom stereocenters. The summed E-state index contributed by atoms with van der Waals surface area (Å²) >= 11 is 0. The van der Waals surface area contributed by atoms with Crippen molar-refractivity contribution in [1.29, 1.82) is 0 Å². The second-order valence-corrected chi connectivity index (χ2v) is 5.43. The summed E-state index contributed by atoms with van der Waals surface area (Å²) in [5.74, 6) is -2.07. The lowest BCUT2D eigenvalue weighted by Gasteiger charge is -2.23. The van der Waals surface area contributed by atoms with E-state index in [4.69, 9.17) is 0 Å². The summed E-state index contributed by atoms with van der Waals surface area (Å²) in [7, 11) is 0. The van der Waals surface area contributed by atoms with Gasteiger partial charge in [-0.25, -0.2) is 0 Å². The van der Waals surface area contributed by atoms with Gasteiger partial charge in [0, 0.05) is 23.7 Å². The topological polar surface area (TPSA) is 98.1 Å². The van der Waals surface area contributed by atoms with Crippen LogP contribution in [0, 0.1) is 5.92 Å². The van der Waals surface area contributed by atoms with Crippen LogP contribution in [-0.2, 0) is 4.79 Å². The van der Waals surface area contributed by atoms with E-state index < -0.39 is 11.9 Å². The van der Waals surface area contributed by atoms with Gasteiger partial charge in [-0.1, -0.05) is 0 Å². The van der Waals surface area contributed by atoms with Crippen molar-refractivity contribution in [1.82, 2.24) is 4.90 Å². The fourth-order valence-electron chi connectivity index (χ4n) is 3.44. The van der Waals surface area contributed by atoms with Gasteiger partial charge < -0.3 is 20.2 Å². The highest BCUT2D eigenvalue weighted by atomic mass is 16.4. The summed E-state index contributed by atoms with van der Waals surface area (Å²) in [6, 6.07) is 3.38. The Morgan fingerprint density at radius 3 is 2.30 bits per heavy atom. The molecule has 0 saturated carbocycles. The van der Waals surface area contributed by atoms with Crippen LogP contribution in [0.2, 0.25) is 0 Å². The molecule has 2 aliphatic rings. The number of carbonyl (C=O) groups excluding carboxylic acids is 1. The van der Waals surface area contributed by atoms with Gasteiger partial charge in [-0.15, -0.1) is 0 Å². The predicted molar refractivity (Wildman–Crippen MR) is 68.5 cm³/mol. The number of carboxylic acid groups (broad SMARTS) is 1. The summed E-state index contributed by atoms with van der Waals surface area (Å²) in [4.78, 5) is 25.3. The minimum Gasteiger partial charge on any atom is -0.508 e. The van der Waals surface area contributed by atoms with Crippen LogP contribution in [0.4, 0.5) is 0 Å². The fourth-order valence-corrected chi connectivity index (χ4v) is 3.44. The number of phenols is 2. The first kappa shape index (κ1) is 12.8. The van der Waals surface area contributed by atoms with E-state index in [0.717, 1.165) is 12.5 Å². The molecule has 3 rings (SSSR count). The molecule has 2 fully saturated rings. The molecule has 3 atom stereocenters. The molecule has 0 spiro atoms. The molecule has 6 nitrogen and oxygen atoms in total. The van der Waals surface area contributed by atoms with Gasteiger partial charge >= 0.3 is 5.97 Å². The lowest BCUT2D eigenvalue weighted by atomic mass is 9.89. The first-order valence-corrected chi connectivity index (χ1v) is 6.56. The van der Waals surface area contributed by atoms with Crippen LogP contribution in [0.1, 0.15) is 29.6 Å². The zero-order valence-electron chi connectivity index (χ0n) is 10.7. The highest BCUT2D eigenvalue weighted by Crippen LogP contribution is 2.42. The summed E-state index contributed by atoms with van der Waals surface area (Å²) in [6.45, 7) is 0. The standard InChI is InChI=1S/C14H15NO5/c16-9-3-7(4-10(17)6-9)13(18)15-8-1-2-12(15)11(5-8)14(19)20/h3-4,6,8,11-12,16-17H,1-2,5H2,(H,19,20). The number of nitrogens with zero attached hydrogens (tertiary/aromatic N) is 1. The number of fused-ring (bicyclic) bond motifs is 2. The van der Waals surface area contributed by atoms with Gasteiger partial charge in [-0.2, -0.15) is 0 Å². The Bertz CT molecular complexity index is 565. The minimum atomic E-state index is -0.867. The molecule has 0 aromatic heterocycles. The molecule has 3 N–H and O–H groups in total. The Labute approximate surface area is 115 Å². The van der Waals surface area contributed by atoms with Crippen LogP contribution in [0.3, 0.4) is 0 Å². The fraction of sp³-hybridized carbons (Fsp3) is 0.429. The van der Waals surface area contributed by atoms with E-state index in [1.165, 1.54) is 12.1 Å². The van der Waals surface area contributed by atoms with Crippen molar-refractivity contribution in [2.75, 3.05) is 0 Å². The average Bonchev–Trinajstić information content (AvgIpc) is 2.94. The van der Waals surface area contributed by atoms with E-state index >= 15 is 0 Å². The summed E-state index contributed by atoms with van der Waals surface area (Å²) in [5.41, 5.74) is 0.186. The zero-order chi connectivity index (χ0) is 14.4. The number of carbonyl (C=O) groups is 2. The Hall–Kier alpha value is -2.24. The molecule has 1 aromatic rings. The third kappa shape index (κ3) is 1.88. The Morgan fingerprint density at radius 1 is 1.10 bits per heavy atom. The zero-order valence-corrected chi connectivity index (χ0v) is 10.7. The summed E-state index contributed by atoms with van der Waals surface area (Å²) in [5, 5.41) is 28.1. The third-order valence-corrected chi connectivity index (χ3v) is 4.24. The number of phenolic OH excluding ortho intramolecular Hbond substituents is 2. The Morgan fingerprint density at radius 2 is 1.75 bits per heavy atom. The minimum absolute atomic E-state index is 0.0573. The lowest BCUT2D eigenvalue weighted by molar-refractivity contribution is -0.142. The van der Waals surface area contributed by atoms with Crippen LogP contribution < -0.4 is 0 Å². The molecule has 0 radical (unpaired) electrons. The third-order valence-electron chi connectivity index (χ3n) is 4.24. The monoisotopic (exact) mass is 277 g/mol. The molecule has 2 bridgehead atoms. The van der Waals surface area contributed by atoms with E-state index in [1.807, 2.05) is 0 Å². The van der Waals surface area contributed by atoms with Crippen LogP contribution in [-0.4, -0.2) is 44.2 Å². The van der Waals surface area contributed by atoms with Gasteiger partial charge in [0.2, 0.25) is 0 Å². The van der Waals surface area contributed by atoms with E-state index in [9.17, 15) is 24.9 Å². The lowest BCUT2D eigenvalue weighted by Crippen LogP contribution is -2.37. The largest absolute Gasteiger partial charge is 0.508 e. The maximum Gasteiger partial charge on any atom is 0.308 e. The molecular formula is C14H15NO5. The number of rotatable bonds is 2. The van der Waals surface area contributed by atoms with Gasteiger partial charge in [0.25, 0.3) is 5.91 Å². The Balaban J connectivity index is 1.90. The van der Waals surface area contributed by atoms with E-state index in [2.05, 4.69) is 0 Å². The SMILES string of the molecule is O=C(O)C1CC2CCC1N2C(=O)c1cc(O)cc(O)c1. The van der Waals surface area contributed by atoms with Crippen LogP contribution in [0.15, 0.2) is 18.2 Å². The van der Waals surface area contributed by atoms with Crippen molar-refractivity contribution < 1.29 is 24.9 Å². The quantitative estimate of drug-likeness (QED) is 0.754. The van der Waals surface area contributed by atoms with Gasteiger partial charge in [0.1, 0.15) is 11.5 Å². The van der Waals surface area contributed by atoms with Gasteiger partial charge in [-0.05, 0) is 31.4 Å². The van der Waals surface area contributed by atoms with Crippen molar-refractivity contribution in [3.8, 4) is 11.5 Å². The molecule has 0 aliphatic carbocycles. The molecule has 20 heavy (non-hydrogen) atoms. The van der Waals surface area contributed by atoms with Crippen LogP contribution >= 0.6 is 0 Å². The second-order valence-electron chi connectivity index (χ2n) is 5.43. The van der Waals surface area contributed by atoms with E-state index in [-0.39, 0.29) is 35.1 Å². The molecule has 1 aromatic carbocycles. The molecule has 2 aliphatic heterocycles. The first-order valence-electron chi connectivity index (χ1n) is 6.56. The van der Waals surface area contributed by atoms with Gasteiger partial charge in [0.15, 0.2) is 0 Å². The Kier molecular flexibility index (Phi) is 2.81. The highest BCUT2D eigenvalue weighted by Gasteiger charge is 2.51. The predicted octanol–water partition coefficient (Wildman–Crippen LogP) is 1.18. The first-order chi connectivity index (χ1) is 9.47. The van der Waals surface area contributed by atoms with Crippen LogP contribution in [0.5, 0.6) is 11.5 Å². The number of amides is 1. The maximum absolute atomic E-state index is 12.5. The summed E-state index contributed by atoms with van der Waals surface area (Å²) < 4.78 is 0. The average molecular weight is 277 g/mol. The molecule has 2 heterocycles. The van der Waals surface area contributed by atoms with Crippen molar-refractivity contribution in [2.45, 2.75) is 31.3 Å². The summed E-state index contributed by atoms with van der Waals surface area (Å²) in [6.07, 6.45) is 1.99. The molecule has 1 amide bonds. The van der Waals surface area contributed by atoms with Crippen molar-refractivity contribution in [2.24, 2.45) is 5.92 Å². The molecule has 6 heteroatoms. The number of hydrogen-bond acceptors (Lipinski definition) is 4. The number of aromatic hydroxyl groups is 2. The van der Waals surface area contributed by atoms with Gasteiger partial charge in [-0.3, -0.25) is 9.59 Å². The number of aliphatic carboxylic acids is 1. The molecule has 106 valence electrons. The smallest absolute Gasteiger partial charge is 0.308 e. The number of carboxylic acids is 1.